The van der Waals surface area contributed by atoms with E-state index in [9.17, 15) is 0 Å². The van der Waals surface area contributed by atoms with Gasteiger partial charge in [0.2, 0.25) is 0 Å². The fraction of sp³-hybridized carbons (Fsp3) is 0.778. The normalized spacial score (nSPS) is 12.9. The van der Waals surface area contributed by atoms with Crippen LogP contribution in [0.5, 0.6) is 0 Å². The van der Waals surface area contributed by atoms with Crippen molar-refractivity contribution in [3.8, 4) is 0 Å². The van der Waals surface area contributed by atoms with Gasteiger partial charge in [-0.3, -0.25) is 16.0 Å². The SMILES string of the molecule is COCCOCCC(NN)c1cnnn1C. The van der Waals surface area contributed by atoms with E-state index in [1.54, 1.807) is 18.0 Å². The Morgan fingerprint density at radius 1 is 1.50 bits per heavy atom. The maximum absolute atomic E-state index is 5.47. The molecular weight excluding hydrogens is 210 g/mol. The van der Waals surface area contributed by atoms with Crippen molar-refractivity contribution >= 4 is 0 Å². The maximum Gasteiger partial charge on any atom is 0.0767 e. The predicted octanol–water partition coefficient (Wildman–Crippen LogP) is -0.627. The van der Waals surface area contributed by atoms with Gasteiger partial charge < -0.3 is 9.47 Å². The van der Waals surface area contributed by atoms with E-state index in [2.05, 4.69) is 15.7 Å². The van der Waals surface area contributed by atoms with Crippen LogP contribution in [-0.4, -0.2) is 41.9 Å². The van der Waals surface area contributed by atoms with Crippen LogP contribution in [0, 0.1) is 0 Å². The van der Waals surface area contributed by atoms with E-state index in [4.69, 9.17) is 15.3 Å². The van der Waals surface area contributed by atoms with Crippen LogP contribution in [0.25, 0.3) is 0 Å². The molecule has 92 valence electrons. The molecule has 0 bridgehead atoms. The zero-order valence-corrected chi connectivity index (χ0v) is 9.72. The number of hydrogen-bond donors (Lipinski definition) is 2. The lowest BCUT2D eigenvalue weighted by Crippen LogP contribution is -2.30. The van der Waals surface area contributed by atoms with Crippen molar-refractivity contribution in [3.63, 3.8) is 0 Å². The Bertz CT molecular complexity index is 291. The number of nitrogens with one attached hydrogen (secondary N) is 1. The van der Waals surface area contributed by atoms with Crippen LogP contribution < -0.4 is 11.3 Å². The highest BCUT2D eigenvalue weighted by atomic mass is 16.5. The molecule has 0 aliphatic heterocycles. The first-order valence-corrected chi connectivity index (χ1v) is 5.17. The Morgan fingerprint density at radius 3 is 2.88 bits per heavy atom. The average molecular weight is 229 g/mol. The standard InChI is InChI=1S/C9H19N5O2/c1-14-9(7-11-13-14)8(12-10)3-4-16-6-5-15-2/h7-8,12H,3-6,10H2,1-2H3. The van der Waals surface area contributed by atoms with Crippen molar-refractivity contribution in [1.82, 2.24) is 20.4 Å². The number of nitrogens with two attached hydrogens (primary N) is 1. The van der Waals surface area contributed by atoms with Crippen LogP contribution in [0.1, 0.15) is 18.2 Å². The summed E-state index contributed by atoms with van der Waals surface area (Å²) in [5, 5.41) is 7.66. The molecule has 7 nitrogen and oxygen atoms in total. The van der Waals surface area contributed by atoms with E-state index in [1.807, 2.05) is 7.05 Å². The summed E-state index contributed by atoms with van der Waals surface area (Å²) in [6.45, 7) is 1.81. The highest BCUT2D eigenvalue weighted by Gasteiger charge is 2.13. The largest absolute Gasteiger partial charge is 0.382 e. The molecule has 0 saturated carbocycles. The average Bonchev–Trinajstić information content (AvgIpc) is 2.70. The van der Waals surface area contributed by atoms with Crippen LogP contribution in [-0.2, 0) is 16.5 Å². The number of hydrazine groups is 1. The van der Waals surface area contributed by atoms with Crippen LogP contribution in [0.2, 0.25) is 0 Å². The molecule has 0 aliphatic carbocycles. The quantitative estimate of drug-likeness (QED) is 0.351. The van der Waals surface area contributed by atoms with E-state index in [1.165, 1.54) is 0 Å². The molecule has 0 spiro atoms. The fourth-order valence-electron chi connectivity index (χ4n) is 1.38. The third-order valence-corrected chi connectivity index (χ3v) is 2.29. The van der Waals surface area contributed by atoms with Gasteiger partial charge in [0, 0.05) is 20.8 Å². The number of hydrogen-bond acceptors (Lipinski definition) is 6. The van der Waals surface area contributed by atoms with E-state index in [0.717, 1.165) is 12.1 Å². The molecule has 0 amide bonds. The summed E-state index contributed by atoms with van der Waals surface area (Å²) in [6, 6.07) is 0.00236. The molecule has 7 heteroatoms. The minimum atomic E-state index is 0.00236. The first kappa shape index (κ1) is 13.0. The number of ether oxygens (including phenoxy) is 2. The Hall–Kier alpha value is -1.02. The van der Waals surface area contributed by atoms with Gasteiger partial charge in [-0.25, -0.2) is 0 Å². The molecule has 1 aromatic rings. The van der Waals surface area contributed by atoms with Gasteiger partial charge in [-0.15, -0.1) is 5.10 Å². The van der Waals surface area contributed by atoms with Crippen molar-refractivity contribution in [1.29, 1.82) is 0 Å². The molecule has 1 aromatic heterocycles. The summed E-state index contributed by atoms with van der Waals surface area (Å²) in [4.78, 5) is 0. The van der Waals surface area contributed by atoms with E-state index >= 15 is 0 Å². The molecule has 1 atom stereocenters. The molecule has 0 saturated heterocycles. The Kier molecular flexibility index (Phi) is 5.94. The van der Waals surface area contributed by atoms with Crippen molar-refractivity contribution in [3.05, 3.63) is 11.9 Å². The monoisotopic (exact) mass is 229 g/mol. The molecule has 3 N–H and O–H groups in total. The number of rotatable bonds is 8. The van der Waals surface area contributed by atoms with Crippen molar-refractivity contribution in [2.24, 2.45) is 12.9 Å². The van der Waals surface area contributed by atoms with Gasteiger partial charge >= 0.3 is 0 Å². The topological polar surface area (TPSA) is 87.2 Å². The molecule has 0 aromatic carbocycles. The van der Waals surface area contributed by atoms with Crippen LogP contribution >= 0.6 is 0 Å². The first-order valence-electron chi connectivity index (χ1n) is 5.17. The zero-order valence-electron chi connectivity index (χ0n) is 9.72. The van der Waals surface area contributed by atoms with Gasteiger partial charge in [-0.2, -0.15) is 0 Å². The summed E-state index contributed by atoms with van der Waals surface area (Å²) >= 11 is 0. The Labute approximate surface area is 94.9 Å². The second-order valence-corrected chi connectivity index (χ2v) is 3.40. The second-order valence-electron chi connectivity index (χ2n) is 3.40. The smallest absolute Gasteiger partial charge is 0.0767 e. The molecule has 1 heterocycles. The first-order chi connectivity index (χ1) is 7.79. The van der Waals surface area contributed by atoms with Crippen LogP contribution in [0.4, 0.5) is 0 Å². The summed E-state index contributed by atoms with van der Waals surface area (Å²) in [5.41, 5.74) is 3.67. The molecule has 16 heavy (non-hydrogen) atoms. The predicted molar refractivity (Wildman–Crippen MR) is 58.4 cm³/mol. The van der Waals surface area contributed by atoms with Gasteiger partial charge in [-0.1, -0.05) is 5.21 Å². The fourth-order valence-corrected chi connectivity index (χ4v) is 1.38. The van der Waals surface area contributed by atoms with Crippen molar-refractivity contribution in [2.45, 2.75) is 12.5 Å². The van der Waals surface area contributed by atoms with Crippen molar-refractivity contribution in [2.75, 3.05) is 26.9 Å². The van der Waals surface area contributed by atoms with E-state index in [-0.39, 0.29) is 6.04 Å². The van der Waals surface area contributed by atoms with Gasteiger partial charge in [0.1, 0.15) is 0 Å². The van der Waals surface area contributed by atoms with Gasteiger partial charge in [0.25, 0.3) is 0 Å². The minimum absolute atomic E-state index is 0.00236. The number of aromatic nitrogens is 3. The second kappa shape index (κ2) is 7.29. The summed E-state index contributed by atoms with van der Waals surface area (Å²) in [6.07, 6.45) is 2.46. The van der Waals surface area contributed by atoms with E-state index in [0.29, 0.717) is 19.8 Å². The van der Waals surface area contributed by atoms with Crippen LogP contribution in [0.15, 0.2) is 6.20 Å². The number of nitrogens with zero attached hydrogens (tertiary/aromatic N) is 3. The van der Waals surface area contributed by atoms with Crippen LogP contribution in [0.3, 0.4) is 0 Å². The lowest BCUT2D eigenvalue weighted by molar-refractivity contribution is 0.0654. The maximum atomic E-state index is 5.47. The summed E-state index contributed by atoms with van der Waals surface area (Å²) in [7, 11) is 3.48. The lowest BCUT2D eigenvalue weighted by Gasteiger charge is -2.15. The summed E-state index contributed by atoms with van der Waals surface area (Å²) < 4.78 is 11.9. The molecule has 1 rings (SSSR count). The minimum Gasteiger partial charge on any atom is -0.382 e. The molecule has 0 aliphatic rings. The Balaban J connectivity index is 2.30. The van der Waals surface area contributed by atoms with E-state index < -0.39 is 0 Å². The van der Waals surface area contributed by atoms with Gasteiger partial charge in [0.15, 0.2) is 0 Å². The molecule has 0 fully saturated rings. The lowest BCUT2D eigenvalue weighted by atomic mass is 10.1. The molecular formula is C9H19N5O2. The zero-order chi connectivity index (χ0) is 11.8. The Morgan fingerprint density at radius 2 is 2.31 bits per heavy atom. The third-order valence-electron chi connectivity index (χ3n) is 2.29. The highest BCUT2D eigenvalue weighted by molar-refractivity contribution is 5.00. The number of methoxy groups -OCH3 is 1. The van der Waals surface area contributed by atoms with Gasteiger partial charge in [0.05, 0.1) is 31.1 Å². The molecule has 0 radical (unpaired) electrons. The molecule has 1 unspecified atom stereocenters. The highest BCUT2D eigenvalue weighted by Crippen LogP contribution is 2.13. The third kappa shape index (κ3) is 3.86. The summed E-state index contributed by atoms with van der Waals surface area (Å²) in [5.74, 6) is 5.47. The van der Waals surface area contributed by atoms with Crippen molar-refractivity contribution < 1.29 is 9.47 Å². The number of aryl methyl sites for hydroxylation is 1. The van der Waals surface area contributed by atoms with Gasteiger partial charge in [-0.05, 0) is 6.42 Å².